The minimum absolute atomic E-state index is 0.189. The molecule has 26 heavy (non-hydrogen) atoms. The maximum Gasteiger partial charge on any atom is 0.187 e. The summed E-state index contributed by atoms with van der Waals surface area (Å²) in [5.74, 6) is 0. The van der Waals surface area contributed by atoms with Crippen LogP contribution >= 0.6 is 0 Å². The van der Waals surface area contributed by atoms with E-state index in [1.165, 1.54) is 14.2 Å². The number of rotatable bonds is 5. The Morgan fingerprint density at radius 2 is 1.85 bits per heavy atom. The molecule has 0 aromatic rings. The quantitative estimate of drug-likeness (QED) is 0.323. The van der Waals surface area contributed by atoms with Crippen LogP contribution in [0.25, 0.3) is 0 Å². The first-order valence-corrected chi connectivity index (χ1v) is 8.18. The Morgan fingerprint density at radius 1 is 1.15 bits per heavy atom. The number of methoxy groups -OCH3 is 2. The SMILES string of the molecule is CO[C@H]1[C@H](O)/C(=C\C#N)[C@@H](O[C@@H]2O[C@H](CO)[C@@H](O)[C@@H](O)[C@H]2O)C[C@H]1OC. The standard InChI is InChI=1S/C16H25NO9/c1-23-9-5-8(7(3-4-17)11(19)15(9)24-2)25-16-14(22)13(21)12(20)10(6-18)26-16/h3,8-16,18-22H,5-6H2,1-2H3/b7-3-/t8-,9+,10+,11+,12+,13+,14+,15+,16+/m0/s1. The van der Waals surface area contributed by atoms with Crippen LogP contribution in [-0.4, -0.2) is 101 Å². The van der Waals surface area contributed by atoms with Gasteiger partial charge >= 0.3 is 0 Å². The van der Waals surface area contributed by atoms with Crippen molar-refractivity contribution in [2.45, 2.75) is 61.5 Å². The predicted octanol–water partition coefficient (Wildman–Crippen LogP) is -2.58. The Bertz CT molecular complexity index is 534. The molecular weight excluding hydrogens is 350 g/mol. The van der Waals surface area contributed by atoms with E-state index in [4.69, 9.17) is 24.2 Å². The number of hydrogen-bond donors (Lipinski definition) is 5. The molecule has 1 saturated carbocycles. The molecule has 0 aromatic heterocycles. The zero-order valence-electron chi connectivity index (χ0n) is 14.5. The number of aliphatic hydroxyl groups is 5. The Hall–Kier alpha value is -1.13. The summed E-state index contributed by atoms with van der Waals surface area (Å²) in [5, 5.41) is 58.5. The number of hydrogen-bond acceptors (Lipinski definition) is 10. The zero-order valence-corrected chi connectivity index (χ0v) is 14.5. The van der Waals surface area contributed by atoms with Crippen molar-refractivity contribution in [3.63, 3.8) is 0 Å². The number of ether oxygens (including phenoxy) is 4. The molecule has 0 bridgehead atoms. The van der Waals surface area contributed by atoms with Crippen LogP contribution in [0, 0.1) is 11.3 Å². The van der Waals surface area contributed by atoms with Gasteiger partial charge in [-0.3, -0.25) is 0 Å². The second kappa shape index (κ2) is 9.18. The Balaban J connectivity index is 2.22. The van der Waals surface area contributed by atoms with Gasteiger partial charge in [0.2, 0.25) is 0 Å². The van der Waals surface area contributed by atoms with Gasteiger partial charge in [-0.25, -0.2) is 0 Å². The van der Waals surface area contributed by atoms with Crippen LogP contribution in [0.3, 0.4) is 0 Å². The van der Waals surface area contributed by atoms with Gasteiger partial charge < -0.3 is 44.5 Å². The predicted molar refractivity (Wildman–Crippen MR) is 84.6 cm³/mol. The van der Waals surface area contributed by atoms with Gasteiger partial charge in [-0.1, -0.05) is 0 Å². The monoisotopic (exact) mass is 375 g/mol. The molecule has 1 aliphatic heterocycles. The Kier molecular flexibility index (Phi) is 7.48. The molecule has 10 nitrogen and oxygen atoms in total. The van der Waals surface area contributed by atoms with Crippen molar-refractivity contribution in [1.29, 1.82) is 5.26 Å². The molecule has 2 rings (SSSR count). The van der Waals surface area contributed by atoms with E-state index in [9.17, 15) is 25.5 Å². The minimum atomic E-state index is -1.59. The maximum absolute atomic E-state index is 10.5. The lowest BCUT2D eigenvalue weighted by Gasteiger charge is -2.44. The Labute approximate surface area is 150 Å². The number of allylic oxidation sites excluding steroid dienone is 1. The molecule has 0 aromatic carbocycles. The van der Waals surface area contributed by atoms with E-state index in [1.807, 2.05) is 6.07 Å². The molecule has 2 aliphatic rings. The van der Waals surface area contributed by atoms with E-state index in [-0.39, 0.29) is 12.0 Å². The number of aliphatic hydroxyl groups excluding tert-OH is 5. The first-order chi connectivity index (χ1) is 12.4. The average molecular weight is 375 g/mol. The largest absolute Gasteiger partial charge is 0.394 e. The first kappa shape index (κ1) is 21.2. The smallest absolute Gasteiger partial charge is 0.187 e. The van der Waals surface area contributed by atoms with Gasteiger partial charge in [0.05, 0.1) is 24.9 Å². The van der Waals surface area contributed by atoms with Gasteiger partial charge in [0.15, 0.2) is 6.29 Å². The van der Waals surface area contributed by atoms with Crippen molar-refractivity contribution in [1.82, 2.24) is 0 Å². The summed E-state index contributed by atoms with van der Waals surface area (Å²) in [6.07, 6.45) is -9.22. The van der Waals surface area contributed by atoms with Crippen LogP contribution in [0.2, 0.25) is 0 Å². The van der Waals surface area contributed by atoms with Crippen molar-refractivity contribution >= 4 is 0 Å². The fourth-order valence-corrected chi connectivity index (χ4v) is 3.30. The van der Waals surface area contributed by atoms with Crippen LogP contribution in [0.4, 0.5) is 0 Å². The highest BCUT2D eigenvalue weighted by Crippen LogP contribution is 2.33. The molecular formula is C16H25NO9. The summed E-state index contributed by atoms with van der Waals surface area (Å²) >= 11 is 0. The van der Waals surface area contributed by atoms with Crippen molar-refractivity contribution in [3.05, 3.63) is 11.6 Å². The van der Waals surface area contributed by atoms with Crippen LogP contribution in [-0.2, 0) is 18.9 Å². The lowest BCUT2D eigenvalue weighted by Crippen LogP contribution is -2.60. The van der Waals surface area contributed by atoms with Gasteiger partial charge in [-0.2, -0.15) is 5.26 Å². The van der Waals surface area contributed by atoms with Crippen molar-refractivity contribution in [2.75, 3.05) is 20.8 Å². The highest BCUT2D eigenvalue weighted by molar-refractivity contribution is 5.26. The van der Waals surface area contributed by atoms with Crippen LogP contribution in [0.15, 0.2) is 11.6 Å². The van der Waals surface area contributed by atoms with Gasteiger partial charge in [-0.15, -0.1) is 0 Å². The number of nitrogens with zero attached hydrogens (tertiary/aromatic N) is 1. The van der Waals surface area contributed by atoms with Gasteiger partial charge in [0, 0.05) is 32.3 Å². The molecule has 0 amide bonds. The molecule has 5 N–H and O–H groups in total. The first-order valence-electron chi connectivity index (χ1n) is 8.18. The fraction of sp³-hybridized carbons (Fsp3) is 0.812. The molecule has 148 valence electrons. The van der Waals surface area contributed by atoms with Crippen molar-refractivity contribution in [2.24, 2.45) is 0 Å². The van der Waals surface area contributed by atoms with Crippen LogP contribution < -0.4 is 0 Å². The summed E-state index contributed by atoms with van der Waals surface area (Å²) < 4.78 is 21.6. The van der Waals surface area contributed by atoms with Gasteiger partial charge in [0.1, 0.15) is 36.6 Å². The van der Waals surface area contributed by atoms with Crippen molar-refractivity contribution < 1.29 is 44.5 Å². The lowest BCUT2D eigenvalue weighted by molar-refractivity contribution is -0.312. The summed E-state index contributed by atoms with van der Waals surface area (Å²) in [7, 11) is 2.84. The third-order valence-electron chi connectivity index (χ3n) is 4.79. The molecule has 1 saturated heterocycles. The van der Waals surface area contributed by atoms with Crippen molar-refractivity contribution in [3.8, 4) is 6.07 Å². The second-order valence-corrected chi connectivity index (χ2v) is 6.25. The third-order valence-corrected chi connectivity index (χ3v) is 4.79. The summed E-state index contributed by atoms with van der Waals surface area (Å²) in [6, 6.07) is 1.83. The third kappa shape index (κ3) is 4.07. The topological polar surface area (TPSA) is 162 Å². The number of nitriles is 1. The van der Waals surface area contributed by atoms with Crippen LogP contribution in [0.5, 0.6) is 0 Å². The van der Waals surface area contributed by atoms with Crippen LogP contribution in [0.1, 0.15) is 6.42 Å². The van der Waals surface area contributed by atoms with E-state index >= 15 is 0 Å². The minimum Gasteiger partial charge on any atom is -0.394 e. The molecule has 1 aliphatic carbocycles. The van der Waals surface area contributed by atoms with E-state index in [1.54, 1.807) is 0 Å². The molecule has 1 heterocycles. The normalized spacial score (nSPS) is 45.5. The lowest BCUT2D eigenvalue weighted by atomic mass is 9.84. The average Bonchev–Trinajstić information content (AvgIpc) is 2.64. The molecule has 10 heteroatoms. The summed E-state index contributed by atoms with van der Waals surface area (Å²) in [6.45, 7) is -0.592. The molecule has 0 radical (unpaired) electrons. The fourth-order valence-electron chi connectivity index (χ4n) is 3.30. The molecule has 0 spiro atoms. The molecule has 9 atom stereocenters. The van der Waals surface area contributed by atoms with E-state index in [0.29, 0.717) is 0 Å². The highest BCUT2D eigenvalue weighted by Gasteiger charge is 2.48. The van der Waals surface area contributed by atoms with Gasteiger partial charge in [-0.05, 0) is 0 Å². The maximum atomic E-state index is 10.5. The van der Waals surface area contributed by atoms with E-state index in [2.05, 4.69) is 0 Å². The highest BCUT2D eigenvalue weighted by atomic mass is 16.7. The second-order valence-electron chi connectivity index (χ2n) is 6.25. The molecule has 0 unspecified atom stereocenters. The Morgan fingerprint density at radius 3 is 2.38 bits per heavy atom. The van der Waals surface area contributed by atoms with Gasteiger partial charge in [0.25, 0.3) is 0 Å². The summed E-state index contributed by atoms with van der Waals surface area (Å²) in [4.78, 5) is 0. The molecule has 2 fully saturated rings. The summed E-state index contributed by atoms with van der Waals surface area (Å²) in [5.41, 5.74) is 0.213. The zero-order chi connectivity index (χ0) is 19.4. The van der Waals surface area contributed by atoms with E-state index < -0.39 is 61.7 Å². The van der Waals surface area contributed by atoms with E-state index in [0.717, 1.165) is 6.08 Å².